The molecule has 1 fully saturated rings. The predicted octanol–water partition coefficient (Wildman–Crippen LogP) is 3.16. The molecule has 1 saturated heterocycles. The van der Waals surface area contributed by atoms with Crippen molar-refractivity contribution >= 4 is 5.91 Å². The molecule has 5 heteroatoms. The van der Waals surface area contributed by atoms with Crippen molar-refractivity contribution in [1.29, 1.82) is 0 Å². The van der Waals surface area contributed by atoms with Gasteiger partial charge in [-0.05, 0) is 29.8 Å². The van der Waals surface area contributed by atoms with Gasteiger partial charge in [0, 0.05) is 25.8 Å². The van der Waals surface area contributed by atoms with Gasteiger partial charge in [0.15, 0.2) is 0 Å². The van der Waals surface area contributed by atoms with Crippen LogP contribution in [0.4, 0.5) is 0 Å². The number of likely N-dealkylation sites (tertiary alicyclic amines) is 1. The minimum absolute atomic E-state index is 0.125. The Bertz CT molecular complexity index is 901. The number of amides is 1. The molecule has 26 heavy (non-hydrogen) atoms. The van der Waals surface area contributed by atoms with Crippen LogP contribution in [-0.4, -0.2) is 39.4 Å². The molecule has 2 aliphatic rings. The lowest BCUT2D eigenvalue weighted by molar-refractivity contribution is 0.0556. The zero-order chi connectivity index (χ0) is 17.5. The Kier molecular flexibility index (Phi) is 3.68. The van der Waals surface area contributed by atoms with E-state index in [-0.39, 0.29) is 18.0 Å². The van der Waals surface area contributed by atoms with Crippen LogP contribution in [0.5, 0.6) is 0 Å². The van der Waals surface area contributed by atoms with E-state index >= 15 is 0 Å². The second-order valence-corrected chi connectivity index (χ2v) is 7.13. The van der Waals surface area contributed by atoms with Crippen molar-refractivity contribution in [2.24, 2.45) is 0 Å². The topological polar surface area (TPSA) is 41.6 Å². The SMILES string of the molecule is O=C1c2cccn2[C@@H]2CN(Cc3ccco3)C[C@H]2N1Cc1ccccc1. The Balaban J connectivity index is 1.45. The average molecular weight is 347 g/mol. The second kappa shape index (κ2) is 6.18. The van der Waals surface area contributed by atoms with Gasteiger partial charge in [-0.25, -0.2) is 0 Å². The van der Waals surface area contributed by atoms with Crippen LogP contribution in [0.1, 0.15) is 27.9 Å². The number of carbonyl (C=O) groups is 1. The molecule has 1 aromatic carbocycles. The molecule has 0 saturated carbocycles. The van der Waals surface area contributed by atoms with E-state index in [0.29, 0.717) is 6.54 Å². The van der Waals surface area contributed by atoms with Gasteiger partial charge in [0.1, 0.15) is 11.5 Å². The summed E-state index contributed by atoms with van der Waals surface area (Å²) in [5.41, 5.74) is 1.96. The van der Waals surface area contributed by atoms with Gasteiger partial charge in [-0.2, -0.15) is 0 Å². The lowest BCUT2D eigenvalue weighted by atomic mass is 10.0. The Hall–Kier alpha value is -2.79. The van der Waals surface area contributed by atoms with Crippen molar-refractivity contribution in [2.75, 3.05) is 13.1 Å². The molecular formula is C21H21N3O2. The maximum absolute atomic E-state index is 13.1. The number of rotatable bonds is 4. The maximum atomic E-state index is 13.1. The molecule has 0 spiro atoms. The van der Waals surface area contributed by atoms with Gasteiger partial charge in [0.2, 0.25) is 0 Å². The zero-order valence-corrected chi connectivity index (χ0v) is 14.5. The van der Waals surface area contributed by atoms with Crippen molar-refractivity contribution in [1.82, 2.24) is 14.4 Å². The minimum Gasteiger partial charge on any atom is -0.468 e. The summed E-state index contributed by atoms with van der Waals surface area (Å²) < 4.78 is 7.68. The van der Waals surface area contributed by atoms with Gasteiger partial charge in [0.25, 0.3) is 5.91 Å². The van der Waals surface area contributed by atoms with Crippen LogP contribution < -0.4 is 0 Å². The molecule has 0 bridgehead atoms. The van der Waals surface area contributed by atoms with Crippen LogP contribution in [0.25, 0.3) is 0 Å². The van der Waals surface area contributed by atoms with Crippen molar-refractivity contribution in [2.45, 2.75) is 25.2 Å². The van der Waals surface area contributed by atoms with Gasteiger partial charge in [-0.1, -0.05) is 30.3 Å². The van der Waals surface area contributed by atoms with E-state index in [9.17, 15) is 4.79 Å². The van der Waals surface area contributed by atoms with Gasteiger partial charge in [-0.15, -0.1) is 0 Å². The van der Waals surface area contributed by atoms with E-state index in [1.54, 1.807) is 6.26 Å². The fourth-order valence-electron chi connectivity index (χ4n) is 4.31. The smallest absolute Gasteiger partial charge is 0.271 e. The highest BCUT2D eigenvalue weighted by atomic mass is 16.3. The van der Waals surface area contributed by atoms with Crippen LogP contribution in [-0.2, 0) is 13.1 Å². The first-order valence-corrected chi connectivity index (χ1v) is 9.06. The molecule has 5 nitrogen and oxygen atoms in total. The first-order chi connectivity index (χ1) is 12.8. The number of fused-ring (bicyclic) bond motifs is 3. The number of nitrogens with zero attached hydrogens (tertiary/aromatic N) is 3. The summed E-state index contributed by atoms with van der Waals surface area (Å²) in [5, 5.41) is 0. The van der Waals surface area contributed by atoms with Crippen molar-refractivity contribution in [3.05, 3.63) is 84.1 Å². The quantitative estimate of drug-likeness (QED) is 0.728. The Labute approximate surface area is 152 Å². The number of furan rings is 1. The Morgan fingerprint density at radius 2 is 1.77 bits per heavy atom. The average Bonchev–Trinajstić information content (AvgIpc) is 3.40. The third-order valence-corrected chi connectivity index (χ3v) is 5.51. The number of benzene rings is 1. The molecule has 5 rings (SSSR count). The van der Waals surface area contributed by atoms with Crippen molar-refractivity contribution < 1.29 is 9.21 Å². The summed E-state index contributed by atoms with van der Waals surface area (Å²) in [6.07, 6.45) is 3.76. The summed E-state index contributed by atoms with van der Waals surface area (Å²) in [6.45, 7) is 3.22. The minimum atomic E-state index is 0.125. The number of aromatic nitrogens is 1. The normalized spacial score (nSPS) is 22.5. The standard InChI is InChI=1S/C21H21N3O2/c25-21-18-9-4-10-23(18)19-14-22(13-17-8-5-11-26-17)15-20(19)24(21)12-16-6-2-1-3-7-16/h1-11,19-20H,12-15H2/t19-,20-/m1/s1. The van der Waals surface area contributed by atoms with E-state index in [2.05, 4.69) is 26.5 Å². The molecule has 4 heterocycles. The molecular weight excluding hydrogens is 326 g/mol. The molecule has 2 aromatic heterocycles. The summed E-state index contributed by atoms with van der Waals surface area (Å²) >= 11 is 0. The molecule has 0 N–H and O–H groups in total. The predicted molar refractivity (Wildman–Crippen MR) is 97.6 cm³/mol. The Morgan fingerprint density at radius 3 is 2.58 bits per heavy atom. The molecule has 3 aromatic rings. The van der Waals surface area contributed by atoms with Crippen LogP contribution in [0.15, 0.2) is 71.5 Å². The highest BCUT2D eigenvalue weighted by Gasteiger charge is 2.44. The summed E-state index contributed by atoms with van der Waals surface area (Å²) in [5.74, 6) is 1.09. The first-order valence-electron chi connectivity index (χ1n) is 9.06. The molecule has 132 valence electrons. The lowest BCUT2D eigenvalue weighted by Gasteiger charge is -2.38. The molecule has 1 amide bonds. The number of hydrogen-bond acceptors (Lipinski definition) is 3. The van der Waals surface area contributed by atoms with Gasteiger partial charge in [0.05, 0.1) is 24.9 Å². The molecule has 2 aliphatic heterocycles. The van der Waals surface area contributed by atoms with E-state index in [1.807, 2.05) is 48.7 Å². The lowest BCUT2D eigenvalue weighted by Crippen LogP contribution is -2.49. The summed E-state index contributed by atoms with van der Waals surface area (Å²) in [7, 11) is 0. The Morgan fingerprint density at radius 1 is 0.923 bits per heavy atom. The zero-order valence-electron chi connectivity index (χ0n) is 14.5. The molecule has 0 aliphatic carbocycles. The van der Waals surface area contributed by atoms with Crippen LogP contribution in [0.3, 0.4) is 0 Å². The van der Waals surface area contributed by atoms with Gasteiger partial charge < -0.3 is 13.9 Å². The molecule has 2 atom stereocenters. The third-order valence-electron chi connectivity index (χ3n) is 5.51. The van der Waals surface area contributed by atoms with Crippen LogP contribution in [0.2, 0.25) is 0 Å². The molecule has 0 radical (unpaired) electrons. The molecule has 0 unspecified atom stereocenters. The first kappa shape index (κ1) is 15.5. The van der Waals surface area contributed by atoms with E-state index < -0.39 is 0 Å². The number of carbonyl (C=O) groups excluding carboxylic acids is 1. The second-order valence-electron chi connectivity index (χ2n) is 7.13. The van der Waals surface area contributed by atoms with Gasteiger partial charge in [-0.3, -0.25) is 9.69 Å². The van der Waals surface area contributed by atoms with E-state index in [4.69, 9.17) is 4.42 Å². The summed E-state index contributed by atoms with van der Waals surface area (Å²) in [6, 6.07) is 18.6. The van der Waals surface area contributed by atoms with Crippen molar-refractivity contribution in [3.63, 3.8) is 0 Å². The maximum Gasteiger partial charge on any atom is 0.271 e. The van der Waals surface area contributed by atoms with E-state index in [1.165, 1.54) is 5.56 Å². The largest absolute Gasteiger partial charge is 0.468 e. The third kappa shape index (κ3) is 2.56. The fourth-order valence-corrected chi connectivity index (χ4v) is 4.31. The highest BCUT2D eigenvalue weighted by molar-refractivity contribution is 5.94. The van der Waals surface area contributed by atoms with E-state index in [0.717, 1.165) is 31.1 Å². The van der Waals surface area contributed by atoms with Crippen LogP contribution in [0, 0.1) is 0 Å². The van der Waals surface area contributed by atoms with Crippen LogP contribution >= 0.6 is 0 Å². The van der Waals surface area contributed by atoms with Crippen molar-refractivity contribution in [3.8, 4) is 0 Å². The summed E-state index contributed by atoms with van der Waals surface area (Å²) in [4.78, 5) is 17.6. The van der Waals surface area contributed by atoms with Gasteiger partial charge >= 0.3 is 0 Å². The fraction of sp³-hybridized carbons (Fsp3) is 0.286. The highest BCUT2D eigenvalue weighted by Crippen LogP contribution is 2.35. The number of hydrogen-bond donors (Lipinski definition) is 0. The monoisotopic (exact) mass is 347 g/mol.